The monoisotopic (exact) mass is 311 g/mol. The first-order chi connectivity index (χ1) is 9.63. The first-order valence-corrected chi connectivity index (χ1v) is 9.06. The Kier molecular flexibility index (Phi) is 5.43. The zero-order chi connectivity index (χ0) is 14.4. The van der Waals surface area contributed by atoms with Crippen molar-refractivity contribution in [2.45, 2.75) is 4.90 Å². The largest absolute Gasteiger partial charge is 0.300 e. The van der Waals surface area contributed by atoms with Crippen LogP contribution < -0.4 is 4.72 Å². The van der Waals surface area contributed by atoms with Gasteiger partial charge in [-0.25, -0.2) is 13.1 Å². The molecule has 0 aliphatic carbocycles. The van der Waals surface area contributed by atoms with Gasteiger partial charge in [-0.15, -0.1) is 0 Å². The standard InChI is InChI=1S/C13H17N3O2S2/c14-11-12-3-1-2-4-13(12)20(17,18)15-5-6-16-7-9-19-10-8-16/h1-4,15H,5-10H2. The predicted molar refractivity (Wildman–Crippen MR) is 80.1 cm³/mol. The van der Waals surface area contributed by atoms with E-state index in [9.17, 15) is 8.42 Å². The van der Waals surface area contributed by atoms with Gasteiger partial charge in [0.1, 0.15) is 6.07 Å². The number of thioether (sulfide) groups is 1. The van der Waals surface area contributed by atoms with Crippen LogP contribution >= 0.6 is 11.8 Å². The molecule has 7 heteroatoms. The summed E-state index contributed by atoms with van der Waals surface area (Å²) in [5.41, 5.74) is 0.175. The lowest BCUT2D eigenvalue weighted by Crippen LogP contribution is -2.39. The van der Waals surface area contributed by atoms with Crippen LogP contribution in [0.2, 0.25) is 0 Å². The molecule has 108 valence electrons. The van der Waals surface area contributed by atoms with Crippen LogP contribution in [-0.4, -0.2) is 51.0 Å². The van der Waals surface area contributed by atoms with Crippen molar-refractivity contribution in [3.63, 3.8) is 0 Å². The van der Waals surface area contributed by atoms with E-state index in [1.54, 1.807) is 12.1 Å². The van der Waals surface area contributed by atoms with Gasteiger partial charge in [0, 0.05) is 37.7 Å². The van der Waals surface area contributed by atoms with E-state index < -0.39 is 10.0 Å². The third-order valence-corrected chi connectivity index (χ3v) is 5.58. The summed E-state index contributed by atoms with van der Waals surface area (Å²) in [5, 5.41) is 8.96. The molecule has 1 heterocycles. The number of hydrogen-bond donors (Lipinski definition) is 1. The Morgan fingerprint density at radius 3 is 2.70 bits per heavy atom. The van der Waals surface area contributed by atoms with Gasteiger partial charge in [0.2, 0.25) is 10.0 Å². The zero-order valence-corrected chi connectivity index (χ0v) is 12.7. The summed E-state index contributed by atoms with van der Waals surface area (Å²) in [6.07, 6.45) is 0. The van der Waals surface area contributed by atoms with Crippen molar-refractivity contribution in [2.24, 2.45) is 0 Å². The van der Waals surface area contributed by atoms with Gasteiger partial charge in [-0.05, 0) is 12.1 Å². The summed E-state index contributed by atoms with van der Waals surface area (Å²) >= 11 is 1.92. The maximum atomic E-state index is 12.2. The zero-order valence-electron chi connectivity index (χ0n) is 11.1. The molecule has 5 nitrogen and oxygen atoms in total. The normalized spacial score (nSPS) is 16.8. The van der Waals surface area contributed by atoms with E-state index >= 15 is 0 Å². The molecule has 0 radical (unpaired) electrons. The second-order valence-electron chi connectivity index (χ2n) is 4.46. The number of hydrogen-bond acceptors (Lipinski definition) is 5. The quantitative estimate of drug-likeness (QED) is 0.874. The molecule has 1 aliphatic rings. The lowest BCUT2D eigenvalue weighted by molar-refractivity contribution is 0.307. The molecule has 0 unspecified atom stereocenters. The minimum atomic E-state index is -3.61. The highest BCUT2D eigenvalue weighted by Gasteiger charge is 2.18. The third-order valence-electron chi connectivity index (χ3n) is 3.12. The highest BCUT2D eigenvalue weighted by Crippen LogP contribution is 2.14. The Hall–Kier alpha value is -1.07. The molecule has 0 amide bonds. The van der Waals surface area contributed by atoms with Crippen molar-refractivity contribution in [1.82, 2.24) is 9.62 Å². The Morgan fingerprint density at radius 2 is 2.00 bits per heavy atom. The molecule has 2 rings (SSSR count). The molecule has 0 atom stereocenters. The Balaban J connectivity index is 1.95. The summed E-state index contributed by atoms with van der Waals surface area (Å²) in [7, 11) is -3.61. The van der Waals surface area contributed by atoms with Gasteiger partial charge >= 0.3 is 0 Å². The summed E-state index contributed by atoms with van der Waals surface area (Å²) in [6, 6.07) is 8.15. The number of nitriles is 1. The number of benzene rings is 1. The van der Waals surface area contributed by atoms with Crippen LogP contribution in [0.3, 0.4) is 0 Å². The fourth-order valence-electron chi connectivity index (χ4n) is 2.03. The van der Waals surface area contributed by atoms with Crippen LogP contribution in [0.4, 0.5) is 0 Å². The second kappa shape index (κ2) is 7.09. The maximum Gasteiger partial charge on any atom is 0.241 e. The van der Waals surface area contributed by atoms with E-state index in [1.807, 2.05) is 17.8 Å². The SMILES string of the molecule is N#Cc1ccccc1S(=O)(=O)NCCN1CCSCC1. The van der Waals surface area contributed by atoms with Crippen LogP contribution in [0.1, 0.15) is 5.56 Å². The molecule has 0 aromatic heterocycles. The van der Waals surface area contributed by atoms with E-state index in [0.717, 1.165) is 24.6 Å². The fraction of sp³-hybridized carbons (Fsp3) is 0.462. The molecule has 1 fully saturated rings. The molecule has 1 aromatic rings. The van der Waals surface area contributed by atoms with E-state index in [1.165, 1.54) is 12.1 Å². The first-order valence-electron chi connectivity index (χ1n) is 6.42. The average molecular weight is 311 g/mol. The van der Waals surface area contributed by atoms with Gasteiger partial charge in [-0.1, -0.05) is 12.1 Å². The third kappa shape index (κ3) is 3.96. The summed E-state index contributed by atoms with van der Waals surface area (Å²) in [4.78, 5) is 2.30. The van der Waals surface area contributed by atoms with Gasteiger partial charge in [-0.2, -0.15) is 17.0 Å². The van der Waals surface area contributed by atoms with E-state index in [2.05, 4.69) is 9.62 Å². The van der Waals surface area contributed by atoms with E-state index in [0.29, 0.717) is 13.1 Å². The highest BCUT2D eigenvalue weighted by molar-refractivity contribution is 7.99. The van der Waals surface area contributed by atoms with Crippen molar-refractivity contribution in [2.75, 3.05) is 37.7 Å². The number of rotatable bonds is 5. The molecule has 0 spiro atoms. The van der Waals surface area contributed by atoms with Crippen LogP contribution in [0.15, 0.2) is 29.2 Å². The Morgan fingerprint density at radius 1 is 1.30 bits per heavy atom. The van der Waals surface area contributed by atoms with Crippen LogP contribution in [0.25, 0.3) is 0 Å². The molecule has 1 saturated heterocycles. The first kappa shape index (κ1) is 15.3. The van der Waals surface area contributed by atoms with Crippen molar-refractivity contribution in [3.8, 4) is 6.07 Å². The van der Waals surface area contributed by atoms with Crippen LogP contribution in [0.5, 0.6) is 0 Å². The molecular weight excluding hydrogens is 294 g/mol. The minimum absolute atomic E-state index is 0.0525. The van der Waals surface area contributed by atoms with Crippen LogP contribution in [0, 0.1) is 11.3 Å². The topological polar surface area (TPSA) is 73.2 Å². The Bertz CT molecular complexity index is 590. The van der Waals surface area contributed by atoms with Gasteiger partial charge in [0.15, 0.2) is 0 Å². The summed E-state index contributed by atoms with van der Waals surface area (Å²) in [5.74, 6) is 2.20. The van der Waals surface area contributed by atoms with Crippen LogP contribution in [-0.2, 0) is 10.0 Å². The average Bonchev–Trinajstić information content (AvgIpc) is 2.48. The molecule has 20 heavy (non-hydrogen) atoms. The van der Waals surface area contributed by atoms with Crippen molar-refractivity contribution in [3.05, 3.63) is 29.8 Å². The Labute approximate surface area is 124 Å². The number of nitrogens with one attached hydrogen (secondary N) is 1. The summed E-state index contributed by atoms with van der Waals surface area (Å²) < 4.78 is 26.9. The summed E-state index contributed by atoms with van der Waals surface area (Å²) in [6.45, 7) is 3.07. The second-order valence-corrected chi connectivity index (χ2v) is 7.42. The lowest BCUT2D eigenvalue weighted by Gasteiger charge is -2.25. The molecule has 0 bridgehead atoms. The van der Waals surface area contributed by atoms with Gasteiger partial charge in [0.05, 0.1) is 10.5 Å². The number of nitrogens with zero attached hydrogens (tertiary/aromatic N) is 2. The van der Waals surface area contributed by atoms with Crippen molar-refractivity contribution < 1.29 is 8.42 Å². The van der Waals surface area contributed by atoms with E-state index in [4.69, 9.17) is 5.26 Å². The minimum Gasteiger partial charge on any atom is -0.300 e. The maximum absolute atomic E-state index is 12.2. The van der Waals surface area contributed by atoms with Gasteiger partial charge < -0.3 is 4.90 Å². The van der Waals surface area contributed by atoms with Crippen molar-refractivity contribution in [1.29, 1.82) is 5.26 Å². The molecule has 0 saturated carbocycles. The smallest absolute Gasteiger partial charge is 0.241 e. The molecular formula is C13H17N3O2S2. The van der Waals surface area contributed by atoms with Gasteiger partial charge in [-0.3, -0.25) is 0 Å². The molecule has 1 aromatic carbocycles. The number of sulfonamides is 1. The lowest BCUT2D eigenvalue weighted by atomic mass is 10.2. The molecule has 1 N–H and O–H groups in total. The highest BCUT2D eigenvalue weighted by atomic mass is 32.2. The fourth-order valence-corrected chi connectivity index (χ4v) is 4.19. The predicted octanol–water partition coefficient (Wildman–Crippen LogP) is 0.885. The van der Waals surface area contributed by atoms with Gasteiger partial charge in [0.25, 0.3) is 0 Å². The van der Waals surface area contributed by atoms with Crippen molar-refractivity contribution >= 4 is 21.8 Å². The van der Waals surface area contributed by atoms with E-state index in [-0.39, 0.29) is 10.5 Å². The molecule has 1 aliphatic heterocycles.